The fourth-order valence-corrected chi connectivity index (χ4v) is 2.91. The zero-order valence-corrected chi connectivity index (χ0v) is 12.5. The monoisotopic (exact) mass is 341 g/mol. The average Bonchev–Trinajstić information content (AvgIpc) is 2.82. The molecule has 3 N–H and O–H groups in total. The van der Waals surface area contributed by atoms with Crippen LogP contribution >= 0.6 is 27.7 Å². The highest BCUT2D eigenvalue weighted by Crippen LogP contribution is 2.39. The summed E-state index contributed by atoms with van der Waals surface area (Å²) in [7, 11) is 0. The Bertz CT molecular complexity index is 612. The first-order valence-corrected chi connectivity index (χ1v) is 7.19. The number of carbonyl (C=O) groups is 1. The van der Waals surface area contributed by atoms with Crippen molar-refractivity contribution in [3.05, 3.63) is 46.3 Å². The predicted molar refractivity (Wildman–Crippen MR) is 78.5 cm³/mol. The van der Waals surface area contributed by atoms with E-state index in [0.29, 0.717) is 11.4 Å². The van der Waals surface area contributed by atoms with Crippen molar-refractivity contribution in [2.45, 2.75) is 17.1 Å². The van der Waals surface area contributed by atoms with Gasteiger partial charge in [0.25, 0.3) is 0 Å². The van der Waals surface area contributed by atoms with E-state index in [2.05, 4.69) is 15.9 Å². The van der Waals surface area contributed by atoms with Gasteiger partial charge in [0, 0.05) is 15.1 Å². The molecular formula is C13H12BrNO3S. The zero-order chi connectivity index (χ0) is 14.0. The molecule has 1 aromatic heterocycles. The Morgan fingerprint density at radius 3 is 2.74 bits per heavy atom. The Morgan fingerprint density at radius 2 is 2.16 bits per heavy atom. The first-order chi connectivity index (χ1) is 8.97. The number of aromatic carboxylic acids is 1. The molecule has 19 heavy (non-hydrogen) atoms. The SMILES string of the molecule is CC(Sc1ccc(Br)cc1N)c1ccc(C(=O)O)o1. The second kappa shape index (κ2) is 5.71. The normalized spacial score (nSPS) is 12.3. The van der Waals surface area contributed by atoms with Crippen LogP contribution in [0, 0.1) is 0 Å². The summed E-state index contributed by atoms with van der Waals surface area (Å²) >= 11 is 4.88. The van der Waals surface area contributed by atoms with Crippen molar-refractivity contribution in [3.8, 4) is 0 Å². The first kappa shape index (κ1) is 14.0. The number of halogens is 1. The number of anilines is 1. The number of benzene rings is 1. The summed E-state index contributed by atoms with van der Waals surface area (Å²) in [6.45, 7) is 1.94. The zero-order valence-electron chi connectivity index (χ0n) is 10.1. The number of carboxylic acid groups (broad SMARTS) is 1. The van der Waals surface area contributed by atoms with Crippen molar-refractivity contribution in [2.24, 2.45) is 0 Å². The van der Waals surface area contributed by atoms with Crippen LogP contribution in [0.15, 0.2) is 44.1 Å². The first-order valence-electron chi connectivity index (χ1n) is 5.52. The Hall–Kier alpha value is -1.40. The van der Waals surface area contributed by atoms with Crippen LogP contribution in [0.2, 0.25) is 0 Å². The minimum atomic E-state index is -1.06. The molecule has 0 fully saturated rings. The van der Waals surface area contributed by atoms with Crippen molar-refractivity contribution in [3.63, 3.8) is 0 Å². The Kier molecular flexibility index (Phi) is 4.21. The molecule has 0 amide bonds. The van der Waals surface area contributed by atoms with Crippen LogP contribution < -0.4 is 5.73 Å². The van der Waals surface area contributed by atoms with Crippen LogP contribution in [0.25, 0.3) is 0 Å². The third kappa shape index (κ3) is 3.33. The minimum absolute atomic E-state index is 0.0171. The van der Waals surface area contributed by atoms with Gasteiger partial charge in [-0.3, -0.25) is 0 Å². The minimum Gasteiger partial charge on any atom is -0.475 e. The van der Waals surface area contributed by atoms with Gasteiger partial charge in [-0.05, 0) is 37.3 Å². The highest BCUT2D eigenvalue weighted by Gasteiger charge is 2.16. The maximum absolute atomic E-state index is 10.8. The molecule has 2 aromatic rings. The van der Waals surface area contributed by atoms with Crippen molar-refractivity contribution >= 4 is 39.3 Å². The van der Waals surface area contributed by atoms with Crippen LogP contribution in [0.1, 0.15) is 28.5 Å². The van der Waals surface area contributed by atoms with E-state index in [9.17, 15) is 4.79 Å². The fraction of sp³-hybridized carbons (Fsp3) is 0.154. The fourth-order valence-electron chi connectivity index (χ4n) is 1.56. The second-order valence-corrected chi connectivity index (χ2v) is 6.25. The lowest BCUT2D eigenvalue weighted by Crippen LogP contribution is -1.93. The molecule has 6 heteroatoms. The van der Waals surface area contributed by atoms with Crippen LogP contribution in [0.3, 0.4) is 0 Å². The van der Waals surface area contributed by atoms with E-state index in [1.165, 1.54) is 17.8 Å². The third-order valence-corrected chi connectivity index (χ3v) is 4.22. The van der Waals surface area contributed by atoms with E-state index in [0.717, 1.165) is 9.37 Å². The van der Waals surface area contributed by atoms with Gasteiger partial charge < -0.3 is 15.3 Å². The van der Waals surface area contributed by atoms with E-state index in [1.54, 1.807) is 6.07 Å². The van der Waals surface area contributed by atoms with E-state index >= 15 is 0 Å². The molecule has 1 unspecified atom stereocenters. The summed E-state index contributed by atoms with van der Waals surface area (Å²) in [4.78, 5) is 11.7. The van der Waals surface area contributed by atoms with Gasteiger partial charge in [0.1, 0.15) is 5.76 Å². The lowest BCUT2D eigenvalue weighted by molar-refractivity contribution is 0.0660. The molecule has 2 rings (SSSR count). The number of furan rings is 1. The highest BCUT2D eigenvalue weighted by molar-refractivity contribution is 9.10. The summed E-state index contributed by atoms with van der Waals surface area (Å²) in [6, 6.07) is 8.80. The molecule has 0 saturated carbocycles. The number of nitrogen functional groups attached to an aromatic ring is 1. The highest BCUT2D eigenvalue weighted by atomic mass is 79.9. The van der Waals surface area contributed by atoms with Gasteiger partial charge in [0.15, 0.2) is 0 Å². The molecule has 0 aliphatic heterocycles. The molecular weight excluding hydrogens is 330 g/mol. The van der Waals surface area contributed by atoms with Crippen molar-refractivity contribution in [1.29, 1.82) is 0 Å². The molecule has 0 radical (unpaired) electrons. The molecule has 0 bridgehead atoms. The number of carboxylic acids is 1. The molecule has 0 aliphatic carbocycles. The topological polar surface area (TPSA) is 76.5 Å². The Balaban J connectivity index is 2.15. The number of rotatable bonds is 4. The van der Waals surface area contributed by atoms with E-state index < -0.39 is 5.97 Å². The number of hydrogen-bond donors (Lipinski definition) is 2. The van der Waals surface area contributed by atoms with Crippen molar-refractivity contribution in [1.82, 2.24) is 0 Å². The van der Waals surface area contributed by atoms with Crippen LogP contribution in [0.4, 0.5) is 5.69 Å². The lowest BCUT2D eigenvalue weighted by Gasteiger charge is -2.10. The molecule has 0 aliphatic rings. The molecule has 1 atom stereocenters. The van der Waals surface area contributed by atoms with Crippen molar-refractivity contribution < 1.29 is 14.3 Å². The Morgan fingerprint density at radius 1 is 1.42 bits per heavy atom. The molecule has 4 nitrogen and oxygen atoms in total. The molecule has 0 spiro atoms. The summed E-state index contributed by atoms with van der Waals surface area (Å²) in [5.41, 5.74) is 6.60. The standard InChI is InChI=1S/C13H12BrNO3S/c1-7(10-3-4-11(18-10)13(16)17)19-12-5-2-8(14)6-9(12)15/h2-7H,15H2,1H3,(H,16,17). The van der Waals surface area contributed by atoms with E-state index in [4.69, 9.17) is 15.3 Å². The van der Waals surface area contributed by atoms with Gasteiger partial charge >= 0.3 is 5.97 Å². The number of hydrogen-bond acceptors (Lipinski definition) is 4. The van der Waals surface area contributed by atoms with Gasteiger partial charge in [-0.2, -0.15) is 0 Å². The smallest absolute Gasteiger partial charge is 0.371 e. The summed E-state index contributed by atoms with van der Waals surface area (Å²) < 4.78 is 6.20. The van der Waals surface area contributed by atoms with E-state index in [1.807, 2.05) is 25.1 Å². The van der Waals surface area contributed by atoms with Gasteiger partial charge in [-0.15, -0.1) is 11.8 Å². The molecule has 1 heterocycles. The van der Waals surface area contributed by atoms with Gasteiger partial charge in [-0.1, -0.05) is 15.9 Å². The van der Waals surface area contributed by atoms with Gasteiger partial charge in [0.05, 0.1) is 5.25 Å². The van der Waals surface area contributed by atoms with Crippen LogP contribution in [-0.4, -0.2) is 11.1 Å². The maximum Gasteiger partial charge on any atom is 0.371 e. The third-order valence-electron chi connectivity index (χ3n) is 2.51. The van der Waals surface area contributed by atoms with Gasteiger partial charge in [0.2, 0.25) is 5.76 Å². The predicted octanol–water partition coefficient (Wildman–Crippen LogP) is 4.18. The summed E-state index contributed by atoms with van der Waals surface area (Å²) in [6.07, 6.45) is 0. The lowest BCUT2D eigenvalue weighted by atomic mass is 10.3. The maximum atomic E-state index is 10.8. The van der Waals surface area contributed by atoms with E-state index in [-0.39, 0.29) is 11.0 Å². The Labute approximate surface area is 123 Å². The second-order valence-electron chi connectivity index (χ2n) is 3.95. The molecule has 0 saturated heterocycles. The number of thioether (sulfide) groups is 1. The summed E-state index contributed by atoms with van der Waals surface area (Å²) in [5, 5.41) is 8.80. The molecule has 1 aromatic carbocycles. The van der Waals surface area contributed by atoms with Crippen molar-refractivity contribution in [2.75, 3.05) is 5.73 Å². The number of nitrogens with two attached hydrogens (primary N) is 1. The quantitative estimate of drug-likeness (QED) is 0.644. The molecule has 100 valence electrons. The largest absolute Gasteiger partial charge is 0.475 e. The van der Waals surface area contributed by atoms with Crippen LogP contribution in [0.5, 0.6) is 0 Å². The van der Waals surface area contributed by atoms with Gasteiger partial charge in [-0.25, -0.2) is 4.79 Å². The average molecular weight is 342 g/mol. The van der Waals surface area contributed by atoms with Crippen LogP contribution in [-0.2, 0) is 0 Å². The summed E-state index contributed by atoms with van der Waals surface area (Å²) in [5.74, 6) is -0.498.